The third-order valence-corrected chi connectivity index (χ3v) is 2.89. The van der Waals surface area contributed by atoms with Gasteiger partial charge in [-0.05, 0) is 28.1 Å². The lowest BCUT2D eigenvalue weighted by Gasteiger charge is -2.11. The molecule has 6 heteroatoms. The number of halogens is 3. The molecule has 0 amide bonds. The van der Waals surface area contributed by atoms with Crippen molar-refractivity contribution in [1.82, 2.24) is 5.01 Å². The van der Waals surface area contributed by atoms with Gasteiger partial charge in [-0.1, -0.05) is 30.3 Å². The summed E-state index contributed by atoms with van der Waals surface area (Å²) in [7, 11) is 3.24. The van der Waals surface area contributed by atoms with Crippen LogP contribution in [0.25, 0.3) is 0 Å². The monoisotopic (exact) mass is 357 g/mol. The number of rotatable bonds is 5. The van der Waals surface area contributed by atoms with Gasteiger partial charge in [0.2, 0.25) is 0 Å². The zero-order valence-corrected chi connectivity index (χ0v) is 13.5. The van der Waals surface area contributed by atoms with Crippen LogP contribution >= 0.6 is 27.5 Å². The Balaban J connectivity index is 3.01. The first-order chi connectivity index (χ1) is 9.45. The van der Waals surface area contributed by atoms with E-state index in [1.807, 2.05) is 0 Å². The van der Waals surface area contributed by atoms with Gasteiger partial charge < -0.3 is 0 Å². The van der Waals surface area contributed by atoms with Crippen LogP contribution in [0.5, 0.6) is 0 Å². The van der Waals surface area contributed by atoms with E-state index < -0.39 is 0 Å². The molecule has 3 nitrogen and oxygen atoms in total. The largest absolute Gasteiger partial charge is 0.288 e. The molecule has 0 aliphatic rings. The zero-order chi connectivity index (χ0) is 15.1. The Morgan fingerprint density at radius 3 is 2.65 bits per heavy atom. The van der Waals surface area contributed by atoms with Crippen molar-refractivity contribution < 1.29 is 4.39 Å². The summed E-state index contributed by atoms with van der Waals surface area (Å²) in [5.41, 5.74) is 0.822. The lowest BCUT2D eigenvalue weighted by Crippen LogP contribution is -2.10. The van der Waals surface area contributed by atoms with Crippen molar-refractivity contribution in [3.05, 3.63) is 57.9 Å². The first-order valence-electron chi connectivity index (χ1n) is 5.66. The molecule has 0 atom stereocenters. The molecular formula is C14H14BrClFN3. The maximum Gasteiger partial charge on any atom is 0.132 e. The van der Waals surface area contributed by atoms with Gasteiger partial charge in [0.15, 0.2) is 0 Å². The van der Waals surface area contributed by atoms with Crippen molar-refractivity contribution in [3.63, 3.8) is 0 Å². The van der Waals surface area contributed by atoms with E-state index in [-0.39, 0.29) is 5.82 Å². The maximum absolute atomic E-state index is 13.7. The second-order valence-electron chi connectivity index (χ2n) is 3.77. The van der Waals surface area contributed by atoms with E-state index >= 15 is 0 Å². The highest BCUT2D eigenvalue weighted by Crippen LogP contribution is 2.14. The normalized spacial score (nSPS) is 12.8. The minimum Gasteiger partial charge on any atom is -0.288 e. The van der Waals surface area contributed by atoms with Crippen LogP contribution in [-0.2, 0) is 0 Å². The molecule has 0 aromatic heterocycles. The van der Waals surface area contributed by atoms with E-state index in [1.54, 1.807) is 38.4 Å². The van der Waals surface area contributed by atoms with Gasteiger partial charge >= 0.3 is 0 Å². The number of hydrogen-bond donors (Lipinski definition) is 0. The topological polar surface area (TPSA) is 28.0 Å². The van der Waals surface area contributed by atoms with Crippen molar-refractivity contribution in [3.8, 4) is 0 Å². The van der Waals surface area contributed by atoms with E-state index in [4.69, 9.17) is 11.6 Å². The molecule has 106 valence electrons. The van der Waals surface area contributed by atoms with E-state index in [1.165, 1.54) is 17.3 Å². The number of hydrogen-bond acceptors (Lipinski definition) is 3. The fourth-order valence-corrected chi connectivity index (χ4v) is 1.58. The Labute approximate surface area is 131 Å². The standard InChI is InChI=1S/C14H14BrClFN3/c1-10(15)9-19-20(3)14(16)8-13(18-2)11-6-4-5-7-12(11)17/h4-9H,1H2,2-3H3/b14-8-,18-13?,19-9-. The summed E-state index contributed by atoms with van der Waals surface area (Å²) in [6, 6.07) is 6.37. The van der Waals surface area contributed by atoms with Gasteiger partial charge in [0.1, 0.15) is 11.0 Å². The van der Waals surface area contributed by atoms with Gasteiger partial charge in [0, 0.05) is 30.2 Å². The van der Waals surface area contributed by atoms with E-state index in [2.05, 4.69) is 32.6 Å². The lowest BCUT2D eigenvalue weighted by molar-refractivity contribution is 0.479. The number of benzene rings is 1. The summed E-state index contributed by atoms with van der Waals surface area (Å²) in [4.78, 5) is 4.05. The molecule has 0 fully saturated rings. The van der Waals surface area contributed by atoms with Crippen LogP contribution in [0.4, 0.5) is 4.39 Å². The Kier molecular flexibility index (Phi) is 6.61. The minimum absolute atomic E-state index is 0.304. The molecule has 0 aliphatic heterocycles. The summed E-state index contributed by atoms with van der Waals surface area (Å²) in [5.74, 6) is -0.353. The van der Waals surface area contributed by atoms with Gasteiger partial charge in [0.05, 0.1) is 11.9 Å². The van der Waals surface area contributed by atoms with E-state index in [0.29, 0.717) is 20.9 Å². The molecule has 0 unspecified atom stereocenters. The first kappa shape index (κ1) is 16.6. The zero-order valence-electron chi connectivity index (χ0n) is 11.1. The Bertz CT molecular complexity index is 582. The molecule has 0 spiro atoms. The van der Waals surface area contributed by atoms with Crippen LogP contribution < -0.4 is 0 Å². The average molecular weight is 359 g/mol. The Hall–Kier alpha value is -1.46. The van der Waals surface area contributed by atoms with Crippen molar-refractivity contribution in [2.24, 2.45) is 10.1 Å². The van der Waals surface area contributed by atoms with Crippen LogP contribution in [0.15, 0.2) is 56.7 Å². The third kappa shape index (κ3) is 4.90. The van der Waals surface area contributed by atoms with Gasteiger partial charge in [0.25, 0.3) is 0 Å². The molecular weight excluding hydrogens is 345 g/mol. The summed E-state index contributed by atoms with van der Waals surface area (Å²) < 4.78 is 14.3. The molecule has 0 aliphatic carbocycles. The van der Waals surface area contributed by atoms with Crippen molar-refractivity contribution >= 4 is 39.5 Å². The van der Waals surface area contributed by atoms with E-state index in [0.717, 1.165) is 0 Å². The van der Waals surface area contributed by atoms with Crippen molar-refractivity contribution in [2.45, 2.75) is 0 Å². The van der Waals surface area contributed by atoms with Crippen LogP contribution in [0, 0.1) is 5.82 Å². The van der Waals surface area contributed by atoms with Crippen LogP contribution in [0.1, 0.15) is 5.56 Å². The van der Waals surface area contributed by atoms with E-state index in [9.17, 15) is 4.39 Å². The highest BCUT2D eigenvalue weighted by molar-refractivity contribution is 9.12. The fourth-order valence-electron chi connectivity index (χ4n) is 1.34. The van der Waals surface area contributed by atoms with Gasteiger partial charge in [-0.3, -0.25) is 10.0 Å². The molecule has 1 aromatic carbocycles. The molecule has 20 heavy (non-hydrogen) atoms. The maximum atomic E-state index is 13.7. The highest BCUT2D eigenvalue weighted by atomic mass is 79.9. The molecule has 0 heterocycles. The number of hydrazone groups is 1. The van der Waals surface area contributed by atoms with Gasteiger partial charge in [-0.15, -0.1) is 0 Å². The molecule has 0 N–H and O–H groups in total. The summed E-state index contributed by atoms with van der Waals surface area (Å²) in [6.07, 6.45) is 3.05. The number of allylic oxidation sites excluding steroid dienone is 2. The third-order valence-electron chi connectivity index (χ3n) is 2.33. The molecule has 0 saturated carbocycles. The molecule has 1 aromatic rings. The predicted molar refractivity (Wildman–Crippen MR) is 87.1 cm³/mol. The minimum atomic E-state index is -0.353. The SMILES string of the molecule is C=C(Br)/C=N\N(C)/C(Cl)=C\C(=NC)c1ccccc1F. The fraction of sp³-hybridized carbons (Fsp3) is 0.143. The molecule has 0 radical (unpaired) electrons. The quantitative estimate of drug-likeness (QED) is 0.441. The number of nitrogens with zero attached hydrogens (tertiary/aromatic N) is 3. The van der Waals surface area contributed by atoms with Gasteiger partial charge in [-0.25, -0.2) is 4.39 Å². The average Bonchev–Trinajstić information content (AvgIpc) is 2.42. The van der Waals surface area contributed by atoms with Gasteiger partial charge in [-0.2, -0.15) is 5.10 Å². The second kappa shape index (κ2) is 7.97. The van der Waals surface area contributed by atoms with Crippen molar-refractivity contribution in [2.75, 3.05) is 14.1 Å². The first-order valence-corrected chi connectivity index (χ1v) is 6.83. The number of aliphatic imine (C=N–C) groups is 1. The Morgan fingerprint density at radius 1 is 1.45 bits per heavy atom. The van der Waals surface area contributed by atoms with Crippen molar-refractivity contribution in [1.29, 1.82) is 0 Å². The molecule has 0 saturated heterocycles. The molecule has 1 rings (SSSR count). The van der Waals surface area contributed by atoms with Crippen LogP contribution in [0.2, 0.25) is 0 Å². The Morgan fingerprint density at radius 2 is 2.10 bits per heavy atom. The van der Waals surface area contributed by atoms with Crippen LogP contribution in [-0.4, -0.2) is 31.0 Å². The smallest absolute Gasteiger partial charge is 0.132 e. The summed E-state index contributed by atoms with van der Waals surface area (Å²) >= 11 is 9.27. The summed E-state index contributed by atoms with van der Waals surface area (Å²) in [5, 5.41) is 5.78. The summed E-state index contributed by atoms with van der Waals surface area (Å²) in [6.45, 7) is 3.63. The lowest BCUT2D eigenvalue weighted by atomic mass is 10.1. The highest BCUT2D eigenvalue weighted by Gasteiger charge is 2.08. The second-order valence-corrected chi connectivity index (χ2v) is 5.18. The predicted octanol–water partition coefficient (Wildman–Crippen LogP) is 4.15. The van der Waals surface area contributed by atoms with Crippen LogP contribution in [0.3, 0.4) is 0 Å². The molecule has 0 bridgehead atoms.